The first kappa shape index (κ1) is 20.9. The van der Waals surface area contributed by atoms with Crippen LogP contribution in [0.1, 0.15) is 42.8 Å². The Morgan fingerprint density at radius 3 is 2.81 bits per heavy atom. The average molecular weight is 406 g/mol. The first-order valence-corrected chi connectivity index (χ1v) is 9.45. The molecule has 0 spiro atoms. The Hall–Kier alpha value is -1.42. The highest BCUT2D eigenvalue weighted by Crippen LogP contribution is 2.34. The standard InChI is InChI=1S/C16H22ClF2N5OS/c1-3-12(23-16(17)21-2)25-10-4-6-24(7-5-10)11(8-20)14-13(15(18)19)22-9-26-14/h3,9-11,15H,2,4-8,20H2,1H3/b12-3+,23-16-/t11-/m1/s1. The molecule has 0 saturated carbocycles. The largest absolute Gasteiger partial charge is 0.474 e. The number of amidine groups is 1. The molecule has 10 heteroatoms. The van der Waals surface area contributed by atoms with E-state index >= 15 is 0 Å². The number of thiazole rings is 1. The molecule has 1 aliphatic heterocycles. The molecule has 6 nitrogen and oxygen atoms in total. The van der Waals surface area contributed by atoms with Gasteiger partial charge in [-0.05, 0) is 44.2 Å². The Morgan fingerprint density at radius 1 is 1.58 bits per heavy atom. The monoisotopic (exact) mass is 405 g/mol. The van der Waals surface area contributed by atoms with Crippen molar-refractivity contribution in [3.63, 3.8) is 0 Å². The lowest BCUT2D eigenvalue weighted by Crippen LogP contribution is -2.41. The van der Waals surface area contributed by atoms with Gasteiger partial charge in [-0.15, -0.1) is 11.3 Å². The van der Waals surface area contributed by atoms with Crippen molar-refractivity contribution in [2.24, 2.45) is 15.7 Å². The maximum absolute atomic E-state index is 13.1. The number of nitrogens with two attached hydrogens (primary N) is 1. The third-order valence-electron chi connectivity index (χ3n) is 4.14. The zero-order chi connectivity index (χ0) is 19.1. The molecular formula is C16H22ClF2N5OS. The van der Waals surface area contributed by atoms with Gasteiger partial charge in [0.2, 0.25) is 11.2 Å². The number of hydrogen-bond donors (Lipinski definition) is 1. The van der Waals surface area contributed by atoms with Gasteiger partial charge in [0.05, 0.1) is 16.4 Å². The third kappa shape index (κ3) is 5.29. The van der Waals surface area contributed by atoms with Gasteiger partial charge in [-0.1, -0.05) is 0 Å². The molecule has 2 heterocycles. The number of rotatable bonds is 7. The molecule has 1 aromatic rings. The van der Waals surface area contributed by atoms with Crippen molar-refractivity contribution in [2.75, 3.05) is 19.6 Å². The summed E-state index contributed by atoms with van der Waals surface area (Å²) in [6.45, 7) is 6.72. The molecule has 1 aromatic heterocycles. The smallest absolute Gasteiger partial charge is 0.281 e. The van der Waals surface area contributed by atoms with E-state index in [-0.39, 0.29) is 29.7 Å². The fraction of sp³-hybridized carbons (Fsp3) is 0.562. The number of piperidine rings is 1. The Bertz CT molecular complexity index is 659. The van der Waals surface area contributed by atoms with Crippen LogP contribution in [0.15, 0.2) is 27.5 Å². The number of likely N-dealkylation sites (tertiary alicyclic amines) is 1. The van der Waals surface area contributed by atoms with E-state index in [1.54, 1.807) is 13.0 Å². The molecule has 1 aliphatic rings. The molecule has 0 aliphatic carbocycles. The van der Waals surface area contributed by atoms with Crippen LogP contribution in [0, 0.1) is 0 Å². The number of ether oxygens (including phenoxy) is 1. The van der Waals surface area contributed by atoms with E-state index in [2.05, 4.69) is 26.6 Å². The van der Waals surface area contributed by atoms with E-state index in [4.69, 9.17) is 22.1 Å². The second-order valence-corrected chi connectivity index (χ2v) is 6.90. The van der Waals surface area contributed by atoms with Gasteiger partial charge < -0.3 is 10.5 Å². The molecule has 0 amide bonds. The van der Waals surface area contributed by atoms with Crippen LogP contribution >= 0.6 is 22.9 Å². The third-order valence-corrected chi connectivity index (χ3v) is 5.29. The number of halogens is 3. The van der Waals surface area contributed by atoms with Crippen molar-refractivity contribution in [3.05, 3.63) is 28.0 Å². The summed E-state index contributed by atoms with van der Waals surface area (Å²) in [6.07, 6.45) is 0.528. The fourth-order valence-corrected chi connectivity index (χ4v) is 3.89. The van der Waals surface area contributed by atoms with Gasteiger partial charge in [0.15, 0.2) is 0 Å². The number of alkyl halides is 2. The van der Waals surface area contributed by atoms with Gasteiger partial charge in [0, 0.05) is 19.6 Å². The van der Waals surface area contributed by atoms with Crippen LogP contribution < -0.4 is 5.73 Å². The molecule has 2 N–H and O–H groups in total. The number of hydrogen-bond acceptors (Lipinski definition) is 6. The molecule has 1 atom stereocenters. The van der Waals surface area contributed by atoms with Crippen LogP contribution in [0.2, 0.25) is 0 Å². The second kappa shape index (κ2) is 10.1. The van der Waals surface area contributed by atoms with Crippen LogP contribution in [0.4, 0.5) is 8.78 Å². The number of aromatic nitrogens is 1. The zero-order valence-electron chi connectivity index (χ0n) is 14.4. The molecule has 0 radical (unpaired) electrons. The van der Waals surface area contributed by atoms with Gasteiger partial charge in [-0.3, -0.25) is 4.90 Å². The average Bonchev–Trinajstić information content (AvgIpc) is 3.12. The van der Waals surface area contributed by atoms with Crippen molar-refractivity contribution < 1.29 is 13.5 Å². The minimum absolute atomic E-state index is 0.0171. The van der Waals surface area contributed by atoms with E-state index in [0.29, 0.717) is 23.8 Å². The fourth-order valence-electron chi connectivity index (χ4n) is 2.86. The Kier molecular flexibility index (Phi) is 8.08. The normalized spacial score (nSPS) is 19.0. The van der Waals surface area contributed by atoms with Gasteiger partial charge >= 0.3 is 0 Å². The van der Waals surface area contributed by atoms with Crippen LogP contribution in [-0.4, -0.2) is 47.6 Å². The minimum Gasteiger partial charge on any atom is -0.474 e. The maximum Gasteiger partial charge on any atom is 0.281 e. The minimum atomic E-state index is -2.59. The van der Waals surface area contributed by atoms with Gasteiger partial charge in [-0.2, -0.15) is 4.99 Å². The van der Waals surface area contributed by atoms with Crippen LogP contribution in [-0.2, 0) is 4.74 Å². The molecule has 1 fully saturated rings. The van der Waals surface area contributed by atoms with Gasteiger partial charge in [-0.25, -0.2) is 18.8 Å². The maximum atomic E-state index is 13.1. The molecule has 0 aromatic carbocycles. The summed E-state index contributed by atoms with van der Waals surface area (Å²) in [4.78, 5) is 14.0. The Morgan fingerprint density at radius 2 is 2.27 bits per heavy atom. The van der Waals surface area contributed by atoms with Crippen molar-refractivity contribution >= 4 is 35.0 Å². The summed E-state index contributed by atoms with van der Waals surface area (Å²) in [5.41, 5.74) is 7.16. The highest BCUT2D eigenvalue weighted by molar-refractivity contribution is 7.09. The van der Waals surface area contributed by atoms with Gasteiger partial charge in [0.25, 0.3) is 6.43 Å². The summed E-state index contributed by atoms with van der Waals surface area (Å²) in [5.74, 6) is 0.388. The van der Waals surface area contributed by atoms with Crippen molar-refractivity contribution in [1.82, 2.24) is 9.88 Å². The summed E-state index contributed by atoms with van der Waals surface area (Å²) in [5, 5.41) is 0.0171. The molecule has 0 bridgehead atoms. The lowest BCUT2D eigenvalue weighted by molar-refractivity contribution is 0.0348. The van der Waals surface area contributed by atoms with Crippen molar-refractivity contribution in [2.45, 2.75) is 38.3 Å². The Labute approximate surface area is 160 Å². The molecule has 1 saturated heterocycles. The van der Waals surface area contributed by atoms with Crippen LogP contribution in [0.25, 0.3) is 0 Å². The second-order valence-electron chi connectivity index (χ2n) is 5.67. The summed E-state index contributed by atoms with van der Waals surface area (Å²) in [7, 11) is 0. The quantitative estimate of drug-likeness (QED) is 0.324. The first-order valence-electron chi connectivity index (χ1n) is 8.19. The number of allylic oxidation sites excluding steroid dienone is 1. The Balaban J connectivity index is 1.98. The summed E-state index contributed by atoms with van der Waals surface area (Å²) >= 11 is 6.98. The lowest BCUT2D eigenvalue weighted by atomic mass is 10.0. The topological polar surface area (TPSA) is 76.1 Å². The highest BCUT2D eigenvalue weighted by Gasteiger charge is 2.30. The predicted molar refractivity (Wildman–Crippen MR) is 101 cm³/mol. The van der Waals surface area contributed by atoms with E-state index in [1.165, 1.54) is 16.8 Å². The molecule has 0 unspecified atom stereocenters. The molecule has 144 valence electrons. The van der Waals surface area contributed by atoms with Crippen molar-refractivity contribution in [3.8, 4) is 0 Å². The number of aliphatic imine (C=N–C) groups is 2. The molecular weight excluding hydrogens is 384 g/mol. The SMILES string of the molecule is C=N/C(Cl)=N\C(=C/C)OC1CCN([C@H](CN)c2scnc2C(F)F)CC1. The highest BCUT2D eigenvalue weighted by atomic mass is 35.5. The lowest BCUT2D eigenvalue weighted by Gasteiger charge is -2.36. The zero-order valence-corrected chi connectivity index (χ0v) is 16.0. The summed E-state index contributed by atoms with van der Waals surface area (Å²) < 4.78 is 32.1. The summed E-state index contributed by atoms with van der Waals surface area (Å²) in [6, 6.07) is -0.258. The van der Waals surface area contributed by atoms with Crippen molar-refractivity contribution in [1.29, 1.82) is 0 Å². The van der Waals surface area contributed by atoms with Gasteiger partial charge in [0.1, 0.15) is 11.8 Å². The van der Waals surface area contributed by atoms with Crippen LogP contribution in [0.5, 0.6) is 0 Å². The van der Waals surface area contributed by atoms with E-state index in [0.717, 1.165) is 12.8 Å². The van der Waals surface area contributed by atoms with E-state index < -0.39 is 6.43 Å². The predicted octanol–water partition coefficient (Wildman–Crippen LogP) is 3.72. The molecule has 26 heavy (non-hydrogen) atoms. The van der Waals surface area contributed by atoms with E-state index in [9.17, 15) is 8.78 Å². The molecule has 2 rings (SSSR count). The first-order chi connectivity index (χ1) is 12.5. The van der Waals surface area contributed by atoms with Crippen LogP contribution in [0.3, 0.4) is 0 Å². The van der Waals surface area contributed by atoms with E-state index in [1.807, 2.05) is 0 Å². The number of nitrogens with zero attached hydrogens (tertiary/aromatic N) is 4.